The number of nitrogens with one attached hydrogen (secondary N) is 2. The number of benzene rings is 1. The number of carbonyl (C=O) groups is 1. The van der Waals surface area contributed by atoms with Gasteiger partial charge in [0.05, 0.1) is 11.1 Å². The first kappa shape index (κ1) is 18.3. The highest BCUT2D eigenvalue weighted by Gasteiger charge is 2.16. The molecule has 0 aliphatic carbocycles. The van der Waals surface area contributed by atoms with E-state index in [9.17, 15) is 13.2 Å². The summed E-state index contributed by atoms with van der Waals surface area (Å²) < 4.78 is 29.1. The summed E-state index contributed by atoms with van der Waals surface area (Å²) in [5, 5.41) is 8.68. The number of sulfonamides is 1. The second-order valence-corrected chi connectivity index (χ2v) is 8.44. The van der Waals surface area contributed by atoms with Crippen LogP contribution in [0.5, 0.6) is 0 Å². The zero-order valence-corrected chi connectivity index (χ0v) is 15.7. The molecule has 0 aliphatic heterocycles. The smallest absolute Gasteiger partial charge is 0.251 e. The zero-order valence-electron chi connectivity index (χ0n) is 14.0. The Morgan fingerprint density at radius 1 is 1.23 bits per heavy atom. The Morgan fingerprint density at radius 3 is 2.77 bits per heavy atom. The van der Waals surface area contributed by atoms with Gasteiger partial charge in [0.2, 0.25) is 10.0 Å². The van der Waals surface area contributed by atoms with Crippen LogP contribution in [0, 0.1) is 0 Å². The van der Waals surface area contributed by atoms with Crippen molar-refractivity contribution in [1.82, 2.24) is 19.8 Å². The molecule has 7 nitrogen and oxygen atoms in total. The molecule has 9 heteroatoms. The van der Waals surface area contributed by atoms with Crippen LogP contribution in [0.4, 0.5) is 0 Å². The van der Waals surface area contributed by atoms with E-state index < -0.39 is 10.0 Å². The van der Waals surface area contributed by atoms with E-state index in [2.05, 4.69) is 15.1 Å². The molecule has 3 aromatic rings. The molecule has 1 aromatic carbocycles. The molecule has 0 saturated heterocycles. The molecule has 2 heterocycles. The molecule has 0 saturated carbocycles. The van der Waals surface area contributed by atoms with Gasteiger partial charge in [0.1, 0.15) is 0 Å². The standard InChI is InChI=1S/C17H18N4O3S2/c1-21-12-13(10-19-21)9-18-17(22)14-4-2-6-16(8-14)26(23,24)20-11-15-5-3-7-25-15/h2-8,10,12,20H,9,11H2,1H3,(H,18,22). The van der Waals surface area contributed by atoms with Gasteiger partial charge in [0.15, 0.2) is 0 Å². The minimum Gasteiger partial charge on any atom is -0.348 e. The molecule has 26 heavy (non-hydrogen) atoms. The van der Waals surface area contributed by atoms with Gasteiger partial charge in [0, 0.05) is 42.3 Å². The number of hydrogen-bond acceptors (Lipinski definition) is 5. The van der Waals surface area contributed by atoms with Crippen LogP contribution in [-0.4, -0.2) is 24.1 Å². The molecule has 136 valence electrons. The summed E-state index contributed by atoms with van der Waals surface area (Å²) in [4.78, 5) is 13.3. The number of aryl methyl sites for hydroxylation is 1. The van der Waals surface area contributed by atoms with Crippen LogP contribution in [0.25, 0.3) is 0 Å². The van der Waals surface area contributed by atoms with Crippen molar-refractivity contribution in [3.8, 4) is 0 Å². The van der Waals surface area contributed by atoms with E-state index in [-0.39, 0.29) is 22.9 Å². The number of rotatable bonds is 7. The largest absolute Gasteiger partial charge is 0.348 e. The average Bonchev–Trinajstić information content (AvgIpc) is 3.29. The number of amides is 1. The molecule has 0 fully saturated rings. The fourth-order valence-electron chi connectivity index (χ4n) is 2.31. The summed E-state index contributed by atoms with van der Waals surface area (Å²) in [5.41, 5.74) is 1.15. The van der Waals surface area contributed by atoms with E-state index in [1.54, 1.807) is 36.3 Å². The fraction of sp³-hybridized carbons (Fsp3) is 0.176. The van der Waals surface area contributed by atoms with E-state index in [1.165, 1.54) is 23.5 Å². The molecule has 2 N–H and O–H groups in total. The first-order chi connectivity index (χ1) is 12.4. The second kappa shape index (κ2) is 7.81. The lowest BCUT2D eigenvalue weighted by Crippen LogP contribution is -2.25. The van der Waals surface area contributed by atoms with Gasteiger partial charge in [0.25, 0.3) is 5.91 Å². The van der Waals surface area contributed by atoms with Crippen molar-refractivity contribution in [3.05, 3.63) is 70.2 Å². The Morgan fingerprint density at radius 2 is 2.08 bits per heavy atom. The van der Waals surface area contributed by atoms with Gasteiger partial charge in [-0.15, -0.1) is 11.3 Å². The van der Waals surface area contributed by atoms with Crippen molar-refractivity contribution >= 4 is 27.3 Å². The maximum Gasteiger partial charge on any atom is 0.251 e. The van der Waals surface area contributed by atoms with Crippen molar-refractivity contribution in [2.24, 2.45) is 7.05 Å². The van der Waals surface area contributed by atoms with Crippen LogP contribution in [0.3, 0.4) is 0 Å². The first-order valence-electron chi connectivity index (χ1n) is 7.82. The van der Waals surface area contributed by atoms with Crippen LogP contribution in [0.2, 0.25) is 0 Å². The Hall–Kier alpha value is -2.49. The van der Waals surface area contributed by atoms with Crippen LogP contribution >= 0.6 is 11.3 Å². The van der Waals surface area contributed by atoms with Gasteiger partial charge in [-0.25, -0.2) is 13.1 Å². The van der Waals surface area contributed by atoms with Crippen LogP contribution in [0.15, 0.2) is 59.1 Å². The third-order valence-corrected chi connectivity index (χ3v) is 5.91. The third kappa shape index (κ3) is 4.57. The normalized spacial score (nSPS) is 11.4. The van der Waals surface area contributed by atoms with Gasteiger partial charge in [-0.2, -0.15) is 5.10 Å². The molecular formula is C17H18N4O3S2. The molecule has 0 unspecified atom stereocenters. The zero-order chi connectivity index (χ0) is 18.6. The maximum absolute atomic E-state index is 12.4. The van der Waals surface area contributed by atoms with Gasteiger partial charge in [-0.05, 0) is 29.6 Å². The Bertz CT molecular complexity index is 995. The second-order valence-electron chi connectivity index (χ2n) is 5.64. The minimum atomic E-state index is -3.69. The van der Waals surface area contributed by atoms with Crippen molar-refractivity contribution in [2.45, 2.75) is 18.0 Å². The average molecular weight is 390 g/mol. The van der Waals surface area contributed by atoms with E-state index in [0.717, 1.165) is 10.4 Å². The molecule has 0 radical (unpaired) electrons. The summed E-state index contributed by atoms with van der Waals surface area (Å²) >= 11 is 1.48. The molecule has 0 aliphatic rings. The quantitative estimate of drug-likeness (QED) is 0.644. The fourth-order valence-corrected chi connectivity index (χ4v) is 4.10. The number of thiophene rings is 1. The highest BCUT2D eigenvalue weighted by atomic mass is 32.2. The van der Waals surface area contributed by atoms with Crippen molar-refractivity contribution in [3.63, 3.8) is 0 Å². The van der Waals surface area contributed by atoms with Crippen molar-refractivity contribution in [1.29, 1.82) is 0 Å². The predicted molar refractivity (Wildman–Crippen MR) is 99.2 cm³/mol. The van der Waals surface area contributed by atoms with Gasteiger partial charge < -0.3 is 5.32 Å². The maximum atomic E-state index is 12.4. The SMILES string of the molecule is Cn1cc(CNC(=O)c2cccc(S(=O)(=O)NCc3cccs3)c2)cn1. The molecule has 0 atom stereocenters. The van der Waals surface area contributed by atoms with Gasteiger partial charge >= 0.3 is 0 Å². The Kier molecular flexibility index (Phi) is 5.50. The predicted octanol–water partition coefficient (Wildman–Crippen LogP) is 1.89. The lowest BCUT2D eigenvalue weighted by molar-refractivity contribution is 0.0950. The Labute approximate surface area is 155 Å². The number of aromatic nitrogens is 2. The van der Waals surface area contributed by atoms with Crippen molar-refractivity contribution in [2.75, 3.05) is 0 Å². The monoisotopic (exact) mass is 390 g/mol. The summed E-state index contributed by atoms with van der Waals surface area (Å²) in [6.07, 6.45) is 3.46. The first-order valence-corrected chi connectivity index (χ1v) is 10.2. The summed E-state index contributed by atoms with van der Waals surface area (Å²) in [6.45, 7) is 0.539. The molecule has 2 aromatic heterocycles. The lowest BCUT2D eigenvalue weighted by Gasteiger charge is -2.08. The molecule has 0 spiro atoms. The minimum absolute atomic E-state index is 0.0584. The summed E-state index contributed by atoms with van der Waals surface area (Å²) in [5.74, 6) is -0.343. The highest BCUT2D eigenvalue weighted by molar-refractivity contribution is 7.89. The molecule has 1 amide bonds. The molecule has 3 rings (SSSR count). The van der Waals surface area contributed by atoms with Gasteiger partial charge in [-0.3, -0.25) is 9.48 Å². The Balaban J connectivity index is 1.67. The van der Waals surface area contributed by atoms with E-state index in [1.807, 2.05) is 17.5 Å². The van der Waals surface area contributed by atoms with E-state index >= 15 is 0 Å². The number of nitrogens with zero attached hydrogens (tertiary/aromatic N) is 2. The summed E-state index contributed by atoms with van der Waals surface area (Å²) in [6, 6.07) is 9.69. The third-order valence-electron chi connectivity index (χ3n) is 3.63. The summed E-state index contributed by atoms with van der Waals surface area (Å²) in [7, 11) is -1.90. The lowest BCUT2D eigenvalue weighted by atomic mass is 10.2. The van der Waals surface area contributed by atoms with Crippen LogP contribution in [0.1, 0.15) is 20.8 Å². The van der Waals surface area contributed by atoms with E-state index in [0.29, 0.717) is 6.54 Å². The van der Waals surface area contributed by atoms with E-state index in [4.69, 9.17) is 0 Å². The number of hydrogen-bond donors (Lipinski definition) is 2. The van der Waals surface area contributed by atoms with Crippen molar-refractivity contribution < 1.29 is 13.2 Å². The van der Waals surface area contributed by atoms with Crippen LogP contribution < -0.4 is 10.0 Å². The molecular weight excluding hydrogens is 372 g/mol. The topological polar surface area (TPSA) is 93.1 Å². The highest BCUT2D eigenvalue weighted by Crippen LogP contribution is 2.14. The van der Waals surface area contributed by atoms with Gasteiger partial charge in [-0.1, -0.05) is 12.1 Å². The van der Waals surface area contributed by atoms with Crippen LogP contribution in [-0.2, 0) is 30.2 Å². The number of carbonyl (C=O) groups excluding carboxylic acids is 1. The molecule has 0 bridgehead atoms.